The van der Waals surface area contributed by atoms with Crippen LogP contribution >= 0.6 is 11.3 Å². The Bertz CT molecular complexity index is 771. The number of carbonyl (C=O) groups is 1. The van der Waals surface area contributed by atoms with E-state index in [1.54, 1.807) is 24.5 Å². The van der Waals surface area contributed by atoms with Crippen molar-refractivity contribution in [2.75, 3.05) is 7.11 Å². The van der Waals surface area contributed by atoms with Gasteiger partial charge < -0.3 is 10.1 Å². The number of rotatable bonds is 5. The molecule has 1 amide bonds. The third-order valence-electron chi connectivity index (χ3n) is 3.45. The molecule has 0 bridgehead atoms. The molecule has 0 atom stereocenters. The van der Waals surface area contributed by atoms with Crippen molar-refractivity contribution in [3.05, 3.63) is 56.8 Å². The van der Waals surface area contributed by atoms with Crippen LogP contribution < -0.4 is 10.1 Å². The van der Waals surface area contributed by atoms with E-state index in [2.05, 4.69) is 5.32 Å². The number of nitrogens with one attached hydrogen (secondary N) is 1. The van der Waals surface area contributed by atoms with Gasteiger partial charge in [0.15, 0.2) is 0 Å². The molecule has 0 aliphatic heterocycles. The maximum absolute atomic E-state index is 12.2. The summed E-state index contributed by atoms with van der Waals surface area (Å²) >= 11 is 1.57. The summed E-state index contributed by atoms with van der Waals surface area (Å²) in [5, 5.41) is 14.0. The molecule has 1 N–H and O–H groups in total. The van der Waals surface area contributed by atoms with Crippen molar-refractivity contribution in [1.29, 1.82) is 5.26 Å². The van der Waals surface area contributed by atoms with Gasteiger partial charge in [0.1, 0.15) is 17.4 Å². The Morgan fingerprint density at radius 3 is 2.78 bits per heavy atom. The zero-order valence-corrected chi connectivity index (χ0v) is 14.2. The average molecular weight is 326 g/mol. The Morgan fingerprint density at radius 1 is 1.39 bits per heavy atom. The van der Waals surface area contributed by atoms with E-state index in [1.807, 2.05) is 49.6 Å². The Labute approximate surface area is 140 Å². The van der Waals surface area contributed by atoms with Crippen molar-refractivity contribution < 1.29 is 9.53 Å². The molecule has 0 fully saturated rings. The zero-order chi connectivity index (χ0) is 16.8. The lowest BCUT2D eigenvalue weighted by molar-refractivity contribution is -0.117. The molecule has 0 radical (unpaired) electrons. The standard InChI is InChI=1S/C18H18N2O2S/c1-12-8-17(22-3)13(2)7-14(12)9-15(10-19)18(21)20-11-16-5-4-6-23-16/h4-9H,11H2,1-3H3,(H,20,21). The van der Waals surface area contributed by atoms with E-state index >= 15 is 0 Å². The second-order valence-electron chi connectivity index (χ2n) is 5.11. The van der Waals surface area contributed by atoms with E-state index < -0.39 is 0 Å². The van der Waals surface area contributed by atoms with Crippen LogP contribution in [0.15, 0.2) is 35.2 Å². The number of methoxy groups -OCH3 is 1. The highest BCUT2D eigenvalue weighted by atomic mass is 32.1. The number of amides is 1. The topological polar surface area (TPSA) is 62.1 Å². The Kier molecular flexibility index (Phi) is 5.56. The largest absolute Gasteiger partial charge is 0.496 e. The van der Waals surface area contributed by atoms with Gasteiger partial charge >= 0.3 is 0 Å². The summed E-state index contributed by atoms with van der Waals surface area (Å²) in [5.41, 5.74) is 2.84. The quantitative estimate of drug-likeness (QED) is 0.674. The summed E-state index contributed by atoms with van der Waals surface area (Å²) < 4.78 is 5.28. The third-order valence-corrected chi connectivity index (χ3v) is 4.33. The lowest BCUT2D eigenvalue weighted by Gasteiger charge is -2.09. The maximum Gasteiger partial charge on any atom is 0.262 e. The van der Waals surface area contributed by atoms with Gasteiger partial charge in [0, 0.05) is 4.88 Å². The second-order valence-corrected chi connectivity index (χ2v) is 6.14. The summed E-state index contributed by atoms with van der Waals surface area (Å²) in [5.74, 6) is 0.425. The summed E-state index contributed by atoms with van der Waals surface area (Å²) in [4.78, 5) is 13.2. The first-order valence-electron chi connectivity index (χ1n) is 7.12. The minimum absolute atomic E-state index is 0.0919. The minimum Gasteiger partial charge on any atom is -0.496 e. The van der Waals surface area contributed by atoms with Gasteiger partial charge in [-0.3, -0.25) is 4.79 Å². The molecule has 0 unspecified atom stereocenters. The predicted molar refractivity (Wildman–Crippen MR) is 92.2 cm³/mol. The number of carbonyl (C=O) groups excluding carboxylic acids is 1. The summed E-state index contributed by atoms with van der Waals surface area (Å²) in [6.45, 7) is 4.28. The SMILES string of the molecule is COc1cc(C)c(C=C(C#N)C(=O)NCc2cccs2)cc1C. The summed E-state index contributed by atoms with van der Waals surface area (Å²) in [6.07, 6.45) is 1.62. The number of benzene rings is 1. The molecule has 2 rings (SSSR count). The highest BCUT2D eigenvalue weighted by molar-refractivity contribution is 7.09. The van der Waals surface area contributed by atoms with Crippen molar-refractivity contribution in [2.24, 2.45) is 0 Å². The Hall–Kier alpha value is -2.58. The third kappa shape index (κ3) is 4.21. The highest BCUT2D eigenvalue weighted by Gasteiger charge is 2.11. The zero-order valence-electron chi connectivity index (χ0n) is 13.3. The van der Waals surface area contributed by atoms with Gasteiger partial charge in [0.05, 0.1) is 13.7 Å². The van der Waals surface area contributed by atoms with Crippen LogP contribution in [0.1, 0.15) is 21.6 Å². The van der Waals surface area contributed by atoms with Crippen molar-refractivity contribution in [2.45, 2.75) is 20.4 Å². The molecule has 4 nitrogen and oxygen atoms in total. The molecule has 1 heterocycles. The fourth-order valence-corrected chi connectivity index (χ4v) is 2.81. The van der Waals surface area contributed by atoms with E-state index in [9.17, 15) is 10.1 Å². The van der Waals surface area contributed by atoms with Crippen LogP contribution in [0.2, 0.25) is 0 Å². The second kappa shape index (κ2) is 7.61. The van der Waals surface area contributed by atoms with E-state index in [0.29, 0.717) is 6.54 Å². The Morgan fingerprint density at radius 2 is 2.17 bits per heavy atom. The molecule has 0 saturated heterocycles. The molecule has 1 aromatic carbocycles. The van der Waals surface area contributed by atoms with Crippen LogP contribution in [0, 0.1) is 25.2 Å². The number of nitrogens with zero attached hydrogens (tertiary/aromatic N) is 1. The fourth-order valence-electron chi connectivity index (χ4n) is 2.17. The van der Waals surface area contributed by atoms with Crippen LogP contribution in [-0.4, -0.2) is 13.0 Å². The monoisotopic (exact) mass is 326 g/mol. The molecule has 0 saturated carbocycles. The van der Waals surface area contributed by atoms with Crippen LogP contribution in [0.25, 0.3) is 6.08 Å². The number of hydrogen-bond donors (Lipinski definition) is 1. The first-order valence-corrected chi connectivity index (χ1v) is 8.00. The van der Waals surface area contributed by atoms with Gasteiger partial charge in [-0.05, 0) is 60.2 Å². The lowest BCUT2D eigenvalue weighted by Crippen LogP contribution is -2.23. The first-order chi connectivity index (χ1) is 11.0. The summed E-state index contributed by atoms with van der Waals surface area (Å²) in [7, 11) is 1.62. The van der Waals surface area contributed by atoms with Gasteiger partial charge in [-0.2, -0.15) is 5.26 Å². The van der Waals surface area contributed by atoms with Crippen LogP contribution in [-0.2, 0) is 11.3 Å². The average Bonchev–Trinajstić information content (AvgIpc) is 3.06. The molecule has 23 heavy (non-hydrogen) atoms. The number of ether oxygens (including phenoxy) is 1. The lowest BCUT2D eigenvalue weighted by atomic mass is 10.0. The van der Waals surface area contributed by atoms with E-state index in [1.165, 1.54) is 0 Å². The van der Waals surface area contributed by atoms with Crippen LogP contribution in [0.3, 0.4) is 0 Å². The van der Waals surface area contributed by atoms with Crippen molar-refractivity contribution in [3.63, 3.8) is 0 Å². The summed E-state index contributed by atoms with van der Waals surface area (Å²) in [6, 6.07) is 9.66. The number of aryl methyl sites for hydroxylation is 2. The molecular weight excluding hydrogens is 308 g/mol. The first kappa shape index (κ1) is 16.8. The van der Waals surface area contributed by atoms with Gasteiger partial charge in [0.2, 0.25) is 0 Å². The smallest absolute Gasteiger partial charge is 0.262 e. The van der Waals surface area contributed by atoms with Crippen molar-refractivity contribution in [3.8, 4) is 11.8 Å². The minimum atomic E-state index is -0.367. The van der Waals surface area contributed by atoms with E-state index in [-0.39, 0.29) is 11.5 Å². The normalized spacial score (nSPS) is 11.0. The number of nitriles is 1. The van der Waals surface area contributed by atoms with E-state index in [4.69, 9.17) is 4.74 Å². The molecule has 5 heteroatoms. The van der Waals surface area contributed by atoms with Crippen molar-refractivity contribution in [1.82, 2.24) is 5.32 Å². The van der Waals surface area contributed by atoms with Crippen LogP contribution in [0.5, 0.6) is 5.75 Å². The van der Waals surface area contributed by atoms with Gasteiger partial charge in [-0.25, -0.2) is 0 Å². The number of hydrogen-bond acceptors (Lipinski definition) is 4. The molecule has 1 aromatic heterocycles. The van der Waals surface area contributed by atoms with Crippen molar-refractivity contribution >= 4 is 23.3 Å². The molecule has 2 aromatic rings. The Balaban J connectivity index is 2.19. The highest BCUT2D eigenvalue weighted by Crippen LogP contribution is 2.24. The van der Waals surface area contributed by atoms with Gasteiger partial charge in [-0.15, -0.1) is 11.3 Å². The molecule has 118 valence electrons. The maximum atomic E-state index is 12.2. The number of thiophene rings is 1. The molecular formula is C18H18N2O2S. The predicted octanol–water partition coefficient (Wildman–Crippen LogP) is 3.60. The fraction of sp³-hybridized carbons (Fsp3) is 0.222. The van der Waals surface area contributed by atoms with E-state index in [0.717, 1.165) is 27.3 Å². The van der Waals surface area contributed by atoms with Gasteiger partial charge in [0.25, 0.3) is 5.91 Å². The molecule has 0 spiro atoms. The van der Waals surface area contributed by atoms with Crippen LogP contribution in [0.4, 0.5) is 0 Å². The molecule has 0 aliphatic carbocycles. The van der Waals surface area contributed by atoms with Gasteiger partial charge in [-0.1, -0.05) is 6.07 Å². The molecule has 0 aliphatic rings.